The summed E-state index contributed by atoms with van der Waals surface area (Å²) in [4.78, 5) is 40.5. The fourth-order valence-electron chi connectivity index (χ4n) is 3.84. The van der Waals surface area contributed by atoms with Gasteiger partial charge in [-0.05, 0) is 68.7 Å². The van der Waals surface area contributed by atoms with Crippen molar-refractivity contribution in [3.63, 3.8) is 0 Å². The van der Waals surface area contributed by atoms with Gasteiger partial charge in [-0.1, -0.05) is 63.2 Å². The van der Waals surface area contributed by atoms with Gasteiger partial charge in [0.2, 0.25) is 0 Å². The first-order valence-corrected chi connectivity index (χ1v) is 13.4. The van der Waals surface area contributed by atoms with Gasteiger partial charge < -0.3 is 14.2 Å². The molecule has 0 aromatic heterocycles. The molecule has 226 valence electrons. The average molecular weight is 580 g/mol. The maximum Gasteiger partial charge on any atom is 0.416 e. The van der Waals surface area contributed by atoms with Crippen molar-refractivity contribution in [1.82, 2.24) is 4.90 Å². The Bertz CT molecular complexity index is 1150. The molecule has 0 radical (unpaired) electrons. The number of likely N-dealkylation sites (N-methyl/N-ethyl adjacent to an activating group) is 1. The van der Waals surface area contributed by atoms with Gasteiger partial charge in [0.25, 0.3) is 0 Å². The second-order valence-corrected chi connectivity index (χ2v) is 12.1. The molecule has 2 aromatic carbocycles. The van der Waals surface area contributed by atoms with Crippen LogP contribution in [0.5, 0.6) is 0 Å². The van der Waals surface area contributed by atoms with E-state index in [4.69, 9.17) is 14.2 Å². The molecule has 10 heteroatoms. The van der Waals surface area contributed by atoms with Crippen molar-refractivity contribution < 1.29 is 41.8 Å². The Morgan fingerprint density at radius 3 is 1.93 bits per heavy atom. The number of ether oxygens (including phenoxy) is 3. The molecule has 0 saturated heterocycles. The third-order valence-electron chi connectivity index (χ3n) is 5.95. The van der Waals surface area contributed by atoms with Crippen LogP contribution in [-0.2, 0) is 43.0 Å². The lowest BCUT2D eigenvalue weighted by atomic mass is 9.87. The molecule has 0 N–H and O–H groups in total. The summed E-state index contributed by atoms with van der Waals surface area (Å²) < 4.78 is 55.4. The Morgan fingerprint density at radius 2 is 1.41 bits per heavy atom. The zero-order chi connectivity index (χ0) is 31.0. The van der Waals surface area contributed by atoms with Crippen LogP contribution in [0, 0.1) is 5.41 Å². The van der Waals surface area contributed by atoms with Crippen LogP contribution in [0.4, 0.5) is 18.0 Å². The molecule has 0 saturated carbocycles. The molecule has 0 aliphatic carbocycles. The number of alkyl halides is 3. The van der Waals surface area contributed by atoms with Crippen LogP contribution in [0.2, 0.25) is 0 Å². The molecule has 0 aliphatic rings. The van der Waals surface area contributed by atoms with Crippen LogP contribution < -0.4 is 0 Å². The lowest BCUT2D eigenvalue weighted by molar-refractivity contribution is -0.172. The van der Waals surface area contributed by atoms with Crippen molar-refractivity contribution in [2.75, 3.05) is 7.05 Å². The SMILES string of the molecule is CN(C(=O)OC(C)(C)C)[C@@H](CC(C)(C)C)C(=O)O[C@H](CCc1ccc(C(F)(F)F)cc1)C(=O)OCc1ccccc1. The fraction of sp³-hybridized carbons (Fsp3) is 0.516. The first-order valence-electron chi connectivity index (χ1n) is 13.4. The molecule has 0 aliphatic heterocycles. The Morgan fingerprint density at radius 1 is 0.829 bits per heavy atom. The van der Waals surface area contributed by atoms with Gasteiger partial charge in [0.15, 0.2) is 6.10 Å². The monoisotopic (exact) mass is 579 g/mol. The molecule has 0 fully saturated rings. The van der Waals surface area contributed by atoms with Crippen molar-refractivity contribution in [1.29, 1.82) is 0 Å². The van der Waals surface area contributed by atoms with E-state index >= 15 is 0 Å². The second-order valence-electron chi connectivity index (χ2n) is 12.1. The first kappa shape index (κ1) is 33.6. The third-order valence-corrected chi connectivity index (χ3v) is 5.95. The number of aryl methyl sites for hydroxylation is 1. The van der Waals surface area contributed by atoms with E-state index in [2.05, 4.69) is 0 Å². The van der Waals surface area contributed by atoms with Crippen LogP contribution in [0.1, 0.15) is 71.1 Å². The summed E-state index contributed by atoms with van der Waals surface area (Å²) in [5.41, 5.74) is -0.742. The molecule has 0 heterocycles. The van der Waals surface area contributed by atoms with Gasteiger partial charge in [0.05, 0.1) is 5.56 Å². The smallest absolute Gasteiger partial charge is 0.416 e. The summed E-state index contributed by atoms with van der Waals surface area (Å²) >= 11 is 0. The number of halogens is 3. The van der Waals surface area contributed by atoms with Gasteiger partial charge in [-0.2, -0.15) is 13.2 Å². The highest BCUT2D eigenvalue weighted by atomic mass is 19.4. The van der Waals surface area contributed by atoms with E-state index in [1.165, 1.54) is 19.2 Å². The molecule has 0 unspecified atom stereocenters. The van der Waals surface area contributed by atoms with Crippen LogP contribution >= 0.6 is 0 Å². The van der Waals surface area contributed by atoms with Crippen molar-refractivity contribution in [3.8, 4) is 0 Å². The number of esters is 2. The van der Waals surface area contributed by atoms with Crippen molar-refractivity contribution >= 4 is 18.0 Å². The van der Waals surface area contributed by atoms with Crippen LogP contribution in [0.3, 0.4) is 0 Å². The summed E-state index contributed by atoms with van der Waals surface area (Å²) in [6, 6.07) is 12.4. The van der Waals surface area contributed by atoms with Gasteiger partial charge in [-0.25, -0.2) is 14.4 Å². The van der Waals surface area contributed by atoms with Gasteiger partial charge >= 0.3 is 24.2 Å². The standard InChI is InChI=1S/C31H40F3NO6/c1-29(2,3)19-24(35(7)28(38)41-30(4,5)6)26(36)40-25(27(37)39-20-22-11-9-8-10-12-22)18-15-21-13-16-23(17-14-21)31(32,33)34/h8-14,16-17,24-25H,15,18-20H2,1-7H3/t24-,25+/m0/s1. The molecular weight excluding hydrogens is 539 g/mol. The second kappa shape index (κ2) is 13.9. The number of amides is 1. The number of hydrogen-bond donors (Lipinski definition) is 0. The minimum Gasteiger partial charge on any atom is -0.458 e. The van der Waals surface area contributed by atoms with E-state index in [9.17, 15) is 27.6 Å². The number of hydrogen-bond acceptors (Lipinski definition) is 6. The van der Waals surface area contributed by atoms with Crippen LogP contribution in [-0.4, -0.2) is 47.7 Å². The fourth-order valence-corrected chi connectivity index (χ4v) is 3.84. The molecule has 2 aromatic rings. The topological polar surface area (TPSA) is 82.1 Å². The summed E-state index contributed by atoms with van der Waals surface area (Å²) in [6.07, 6.45) is -6.24. The van der Waals surface area contributed by atoms with E-state index in [1.807, 2.05) is 26.8 Å². The predicted octanol–water partition coefficient (Wildman–Crippen LogP) is 6.96. The van der Waals surface area contributed by atoms with Crippen molar-refractivity contribution in [3.05, 3.63) is 71.3 Å². The minimum atomic E-state index is -4.47. The minimum absolute atomic E-state index is 0.0386. The summed E-state index contributed by atoms with van der Waals surface area (Å²) in [5.74, 6) is -1.62. The van der Waals surface area contributed by atoms with Crippen LogP contribution in [0.25, 0.3) is 0 Å². The van der Waals surface area contributed by atoms with Gasteiger partial charge in [0, 0.05) is 7.05 Å². The maximum atomic E-state index is 13.5. The highest BCUT2D eigenvalue weighted by Gasteiger charge is 2.37. The number of carbonyl (C=O) groups is 3. The Kier molecular flexibility index (Phi) is 11.4. The summed E-state index contributed by atoms with van der Waals surface area (Å²) in [6.45, 7) is 10.7. The van der Waals surface area contributed by atoms with E-state index < -0.39 is 52.9 Å². The molecule has 41 heavy (non-hydrogen) atoms. The number of benzene rings is 2. The summed E-state index contributed by atoms with van der Waals surface area (Å²) in [7, 11) is 1.43. The van der Waals surface area contributed by atoms with Gasteiger partial charge in [0.1, 0.15) is 18.2 Å². The van der Waals surface area contributed by atoms with E-state index in [0.29, 0.717) is 5.56 Å². The lowest BCUT2D eigenvalue weighted by Gasteiger charge is -2.33. The van der Waals surface area contributed by atoms with E-state index in [1.54, 1.807) is 45.0 Å². The number of rotatable bonds is 10. The van der Waals surface area contributed by atoms with Crippen molar-refractivity contribution in [2.45, 2.75) is 91.3 Å². The molecule has 0 bridgehead atoms. The molecule has 2 rings (SSSR count). The van der Waals surface area contributed by atoms with E-state index in [-0.39, 0.29) is 25.9 Å². The Hall–Kier alpha value is -3.56. The van der Waals surface area contributed by atoms with E-state index in [0.717, 1.165) is 22.6 Å². The largest absolute Gasteiger partial charge is 0.458 e. The zero-order valence-electron chi connectivity index (χ0n) is 24.7. The molecule has 0 spiro atoms. The number of carbonyl (C=O) groups excluding carboxylic acids is 3. The van der Waals surface area contributed by atoms with Crippen molar-refractivity contribution in [2.24, 2.45) is 5.41 Å². The normalized spacial score (nSPS) is 13.6. The third kappa shape index (κ3) is 11.8. The average Bonchev–Trinajstić information content (AvgIpc) is 2.86. The molecule has 7 nitrogen and oxygen atoms in total. The zero-order valence-corrected chi connectivity index (χ0v) is 24.7. The quantitative estimate of drug-likeness (QED) is 0.224. The number of nitrogens with zero attached hydrogens (tertiary/aromatic N) is 1. The lowest BCUT2D eigenvalue weighted by Crippen LogP contribution is -2.48. The maximum absolute atomic E-state index is 13.5. The van der Waals surface area contributed by atoms with Gasteiger partial charge in [-0.3, -0.25) is 4.90 Å². The molecule has 1 amide bonds. The Balaban J connectivity index is 2.26. The van der Waals surface area contributed by atoms with Crippen LogP contribution in [0.15, 0.2) is 54.6 Å². The summed E-state index contributed by atoms with van der Waals surface area (Å²) in [5, 5.41) is 0. The molecule has 2 atom stereocenters. The molecular formula is C31H40F3NO6. The highest BCUT2D eigenvalue weighted by Crippen LogP contribution is 2.30. The first-order chi connectivity index (χ1) is 18.9. The predicted molar refractivity (Wildman–Crippen MR) is 148 cm³/mol. The highest BCUT2D eigenvalue weighted by molar-refractivity contribution is 5.84. The van der Waals surface area contributed by atoms with Gasteiger partial charge in [-0.15, -0.1) is 0 Å². The Labute approximate surface area is 240 Å².